The summed E-state index contributed by atoms with van der Waals surface area (Å²) < 4.78 is 10.7. The second-order valence-electron chi connectivity index (χ2n) is 7.71. The molecule has 2 N–H and O–H groups in total. The molecule has 1 amide bonds. The number of ether oxygens (including phenoxy) is 2. The fraction of sp³-hybridized carbons (Fsp3) is 0.545. The number of unbranched alkanes of at least 4 members (excludes halogenated alkanes) is 1. The molecule has 1 aromatic rings. The highest BCUT2D eigenvalue weighted by molar-refractivity contribution is 5.90. The Morgan fingerprint density at radius 3 is 2.46 bits per heavy atom. The van der Waals surface area contributed by atoms with Crippen molar-refractivity contribution in [3.8, 4) is 5.75 Å². The quantitative estimate of drug-likeness (QED) is 0.595. The topological polar surface area (TPSA) is 84.9 Å². The summed E-state index contributed by atoms with van der Waals surface area (Å²) in [5, 5.41) is 12.1. The van der Waals surface area contributed by atoms with Gasteiger partial charge in [-0.25, -0.2) is 9.59 Å². The van der Waals surface area contributed by atoms with Gasteiger partial charge in [-0.1, -0.05) is 19.4 Å². The highest BCUT2D eigenvalue weighted by Crippen LogP contribution is 2.31. The number of carboxylic acid groups (broad SMARTS) is 1. The molecule has 28 heavy (non-hydrogen) atoms. The third-order valence-corrected chi connectivity index (χ3v) is 4.26. The Morgan fingerprint density at radius 1 is 1.25 bits per heavy atom. The van der Waals surface area contributed by atoms with Crippen LogP contribution in [0.3, 0.4) is 0 Å². The fourth-order valence-corrected chi connectivity index (χ4v) is 2.98. The van der Waals surface area contributed by atoms with Gasteiger partial charge in [-0.2, -0.15) is 0 Å². The third-order valence-electron chi connectivity index (χ3n) is 4.26. The molecular formula is C22H33NO5. The summed E-state index contributed by atoms with van der Waals surface area (Å²) in [4.78, 5) is 23.2. The highest BCUT2D eigenvalue weighted by atomic mass is 16.6. The van der Waals surface area contributed by atoms with Crippen molar-refractivity contribution < 1.29 is 24.2 Å². The average molecular weight is 392 g/mol. The van der Waals surface area contributed by atoms with Crippen molar-refractivity contribution in [1.82, 2.24) is 5.32 Å². The summed E-state index contributed by atoms with van der Waals surface area (Å²) in [5.74, 6) is -0.224. The molecule has 0 aliphatic rings. The lowest BCUT2D eigenvalue weighted by Gasteiger charge is -2.21. The maximum absolute atomic E-state index is 11.9. The molecule has 0 bridgehead atoms. The molecule has 0 heterocycles. The van der Waals surface area contributed by atoms with Gasteiger partial charge in [-0.05, 0) is 75.3 Å². The zero-order valence-corrected chi connectivity index (χ0v) is 17.8. The first-order chi connectivity index (χ1) is 13.1. The van der Waals surface area contributed by atoms with Gasteiger partial charge in [0.2, 0.25) is 0 Å². The van der Waals surface area contributed by atoms with Gasteiger partial charge in [-0.15, -0.1) is 0 Å². The zero-order chi connectivity index (χ0) is 21.3. The Labute approximate surface area is 167 Å². The number of hydrogen-bond acceptors (Lipinski definition) is 4. The summed E-state index contributed by atoms with van der Waals surface area (Å²) in [7, 11) is 1.61. The van der Waals surface area contributed by atoms with Crippen molar-refractivity contribution in [2.75, 3.05) is 13.7 Å². The largest absolute Gasteiger partial charge is 0.496 e. The Kier molecular flexibility index (Phi) is 9.03. The summed E-state index contributed by atoms with van der Waals surface area (Å²) >= 11 is 0. The van der Waals surface area contributed by atoms with Crippen molar-refractivity contribution >= 4 is 17.6 Å². The van der Waals surface area contributed by atoms with E-state index in [1.807, 2.05) is 39.8 Å². The molecular weight excluding hydrogens is 358 g/mol. The first-order valence-corrected chi connectivity index (χ1v) is 9.66. The normalized spacial score (nSPS) is 11.9. The molecule has 1 aromatic carbocycles. The van der Waals surface area contributed by atoms with E-state index in [1.54, 1.807) is 7.11 Å². The molecule has 0 aromatic heterocycles. The third kappa shape index (κ3) is 7.62. The smallest absolute Gasteiger partial charge is 0.407 e. The van der Waals surface area contributed by atoms with Crippen molar-refractivity contribution in [2.24, 2.45) is 0 Å². The van der Waals surface area contributed by atoms with E-state index in [2.05, 4.69) is 12.2 Å². The van der Waals surface area contributed by atoms with E-state index < -0.39 is 17.7 Å². The van der Waals surface area contributed by atoms with E-state index >= 15 is 0 Å². The van der Waals surface area contributed by atoms with Crippen molar-refractivity contribution in [1.29, 1.82) is 0 Å². The first kappa shape index (κ1) is 23.5. The lowest BCUT2D eigenvalue weighted by molar-refractivity contribution is -0.131. The number of rotatable bonds is 9. The summed E-state index contributed by atoms with van der Waals surface area (Å²) in [5.41, 5.74) is 3.03. The van der Waals surface area contributed by atoms with Gasteiger partial charge < -0.3 is 19.9 Å². The van der Waals surface area contributed by atoms with Crippen LogP contribution < -0.4 is 10.1 Å². The van der Waals surface area contributed by atoms with Gasteiger partial charge >= 0.3 is 12.1 Å². The number of carboxylic acids is 1. The first-order valence-electron chi connectivity index (χ1n) is 9.66. The van der Waals surface area contributed by atoms with Crippen LogP contribution in [0.25, 0.3) is 5.57 Å². The number of carbonyl (C=O) groups excluding carboxylic acids is 1. The van der Waals surface area contributed by atoms with Crippen LogP contribution in [0.15, 0.2) is 18.2 Å². The van der Waals surface area contributed by atoms with Crippen LogP contribution in [0, 0.1) is 6.92 Å². The molecule has 0 aliphatic heterocycles. The monoisotopic (exact) mass is 391 g/mol. The predicted molar refractivity (Wildman–Crippen MR) is 111 cm³/mol. The molecule has 1 rings (SSSR count). The van der Waals surface area contributed by atoms with Gasteiger partial charge in [0.1, 0.15) is 11.4 Å². The minimum absolute atomic E-state index is 0.379. The zero-order valence-electron chi connectivity index (χ0n) is 17.8. The molecule has 6 nitrogen and oxygen atoms in total. The Hall–Kier alpha value is -2.50. The predicted octanol–water partition coefficient (Wildman–Crippen LogP) is 4.73. The average Bonchev–Trinajstić information content (AvgIpc) is 2.58. The van der Waals surface area contributed by atoms with E-state index in [1.165, 1.54) is 6.08 Å². The van der Waals surface area contributed by atoms with Gasteiger partial charge in [0.15, 0.2) is 0 Å². The number of aliphatic carboxylic acids is 1. The summed E-state index contributed by atoms with van der Waals surface area (Å²) in [6.07, 6.45) is 3.91. The van der Waals surface area contributed by atoms with Crippen LogP contribution in [-0.4, -0.2) is 36.4 Å². The Bertz CT molecular complexity index is 716. The van der Waals surface area contributed by atoms with Crippen molar-refractivity contribution in [3.05, 3.63) is 34.9 Å². The van der Waals surface area contributed by atoms with Crippen molar-refractivity contribution in [2.45, 2.75) is 65.9 Å². The molecule has 0 fully saturated rings. The molecule has 0 unspecified atom stereocenters. The van der Waals surface area contributed by atoms with Crippen LogP contribution in [0.2, 0.25) is 0 Å². The number of benzene rings is 1. The molecule has 0 atom stereocenters. The lowest BCUT2D eigenvalue weighted by Crippen LogP contribution is -2.33. The maximum atomic E-state index is 11.9. The Morgan fingerprint density at radius 2 is 1.93 bits per heavy atom. The molecule has 0 radical (unpaired) electrons. The number of carbonyl (C=O) groups is 2. The number of allylic oxidation sites excluding steroid dienone is 1. The van der Waals surface area contributed by atoms with Crippen LogP contribution in [-0.2, 0) is 16.0 Å². The molecule has 0 aliphatic carbocycles. The maximum Gasteiger partial charge on any atom is 0.407 e. The Balaban J connectivity index is 3.13. The van der Waals surface area contributed by atoms with Crippen LogP contribution >= 0.6 is 0 Å². The minimum Gasteiger partial charge on any atom is -0.496 e. The lowest BCUT2D eigenvalue weighted by atomic mass is 9.90. The molecule has 0 saturated carbocycles. The number of amides is 1. The number of methoxy groups -OCH3 is 1. The van der Waals surface area contributed by atoms with Crippen LogP contribution in [0.4, 0.5) is 4.79 Å². The second-order valence-corrected chi connectivity index (χ2v) is 7.71. The molecule has 0 saturated heterocycles. The van der Waals surface area contributed by atoms with Gasteiger partial charge in [0.05, 0.1) is 7.11 Å². The fourth-order valence-electron chi connectivity index (χ4n) is 2.98. The van der Waals surface area contributed by atoms with E-state index in [0.29, 0.717) is 19.4 Å². The number of nitrogens with one attached hydrogen (secondary N) is 1. The van der Waals surface area contributed by atoms with Crippen LogP contribution in [0.5, 0.6) is 5.75 Å². The summed E-state index contributed by atoms with van der Waals surface area (Å²) in [6.45, 7) is 9.84. The second kappa shape index (κ2) is 10.7. The minimum atomic E-state index is -0.961. The number of alkyl carbamates (subject to hydrolysis) is 1. The van der Waals surface area contributed by atoms with E-state index in [-0.39, 0.29) is 0 Å². The van der Waals surface area contributed by atoms with Crippen LogP contribution in [0.1, 0.15) is 63.6 Å². The van der Waals surface area contributed by atoms with Gasteiger partial charge in [0, 0.05) is 12.6 Å². The van der Waals surface area contributed by atoms with E-state index in [9.17, 15) is 14.7 Å². The standard InChI is InChI=1S/C22H33NO5/c1-7-8-9-16(14-20(24)25)18-10-11-19(27-6)15(2)17(18)12-13-23-21(26)28-22(3,4)5/h10-11,14H,7-9,12-13H2,1-6H3,(H,23,26)(H,24,25)/b16-14+. The molecule has 0 spiro atoms. The SMILES string of the molecule is CCCC/C(=C\C(=O)O)c1ccc(OC)c(C)c1CCNC(=O)OC(C)(C)C. The number of hydrogen-bond donors (Lipinski definition) is 2. The summed E-state index contributed by atoms with van der Waals surface area (Å²) in [6, 6.07) is 3.76. The van der Waals surface area contributed by atoms with E-state index in [4.69, 9.17) is 9.47 Å². The van der Waals surface area contributed by atoms with Gasteiger partial charge in [0.25, 0.3) is 0 Å². The van der Waals surface area contributed by atoms with Crippen molar-refractivity contribution in [3.63, 3.8) is 0 Å². The highest BCUT2D eigenvalue weighted by Gasteiger charge is 2.18. The molecule has 156 valence electrons. The van der Waals surface area contributed by atoms with Gasteiger partial charge in [-0.3, -0.25) is 0 Å². The van der Waals surface area contributed by atoms with E-state index in [0.717, 1.165) is 40.9 Å². The molecule has 6 heteroatoms.